The third kappa shape index (κ3) is 4.06. The van der Waals surface area contributed by atoms with E-state index in [4.69, 9.17) is 15.5 Å². The summed E-state index contributed by atoms with van der Waals surface area (Å²) in [5.41, 5.74) is 9.99. The molecular formula is C16H29N3O. The van der Waals surface area contributed by atoms with E-state index < -0.39 is 0 Å². The van der Waals surface area contributed by atoms with Gasteiger partial charge < -0.3 is 10.5 Å². The van der Waals surface area contributed by atoms with Crippen LogP contribution in [0, 0.1) is 0 Å². The fourth-order valence-corrected chi connectivity index (χ4v) is 3.24. The molecule has 2 aliphatic rings. The maximum atomic E-state index is 6.38. The number of nitrogens with zero attached hydrogens (tertiary/aromatic N) is 2. The number of rotatable bonds is 4. The van der Waals surface area contributed by atoms with Crippen molar-refractivity contribution in [3.63, 3.8) is 0 Å². The molecule has 1 saturated heterocycles. The van der Waals surface area contributed by atoms with Crippen molar-refractivity contribution in [3.05, 3.63) is 11.3 Å². The Morgan fingerprint density at radius 3 is 2.65 bits per heavy atom. The fraction of sp³-hybridized carbons (Fsp3) is 0.812. The highest BCUT2D eigenvalue weighted by atomic mass is 16.5. The summed E-state index contributed by atoms with van der Waals surface area (Å²) in [5, 5.41) is 0. The molecule has 1 aliphatic carbocycles. The Kier molecular flexibility index (Phi) is 5.61. The van der Waals surface area contributed by atoms with Gasteiger partial charge >= 0.3 is 0 Å². The molecule has 2 rings (SSSR count). The smallest absolute Gasteiger partial charge is 0.0678 e. The Morgan fingerprint density at radius 1 is 1.30 bits per heavy atom. The van der Waals surface area contributed by atoms with Crippen molar-refractivity contribution in [3.8, 4) is 0 Å². The second kappa shape index (κ2) is 7.23. The second-order valence-electron chi connectivity index (χ2n) is 6.14. The van der Waals surface area contributed by atoms with E-state index in [2.05, 4.69) is 25.7 Å². The molecule has 4 nitrogen and oxygen atoms in total. The summed E-state index contributed by atoms with van der Waals surface area (Å²) in [6.45, 7) is 10.2. The molecule has 20 heavy (non-hydrogen) atoms. The van der Waals surface area contributed by atoms with Crippen LogP contribution in [-0.2, 0) is 4.74 Å². The molecule has 2 atom stereocenters. The van der Waals surface area contributed by atoms with Gasteiger partial charge in [0.2, 0.25) is 0 Å². The zero-order valence-electron chi connectivity index (χ0n) is 13.2. The van der Waals surface area contributed by atoms with E-state index in [1.165, 1.54) is 17.7 Å². The molecule has 2 N–H and O–H groups in total. The van der Waals surface area contributed by atoms with Gasteiger partial charge in [0.15, 0.2) is 0 Å². The average Bonchev–Trinajstić information content (AvgIpc) is 2.83. The number of ether oxygens (including phenoxy) is 1. The molecule has 1 heterocycles. The summed E-state index contributed by atoms with van der Waals surface area (Å²) >= 11 is 0. The molecule has 1 unspecified atom stereocenters. The molecule has 4 heteroatoms. The van der Waals surface area contributed by atoms with E-state index in [0.29, 0.717) is 12.2 Å². The Hall–Kier alpha value is -0.870. The van der Waals surface area contributed by atoms with Crippen molar-refractivity contribution in [1.29, 1.82) is 0 Å². The van der Waals surface area contributed by atoms with E-state index in [1.54, 1.807) is 0 Å². The zero-order valence-corrected chi connectivity index (χ0v) is 13.2. The summed E-state index contributed by atoms with van der Waals surface area (Å²) in [6, 6.07) is 0. The van der Waals surface area contributed by atoms with E-state index in [9.17, 15) is 0 Å². The molecule has 0 aromatic rings. The minimum atomic E-state index is 0.299. The first-order valence-corrected chi connectivity index (χ1v) is 7.99. The minimum absolute atomic E-state index is 0.299. The molecule has 0 aromatic carbocycles. The van der Waals surface area contributed by atoms with Crippen LogP contribution < -0.4 is 5.73 Å². The second-order valence-corrected chi connectivity index (χ2v) is 6.14. The third-order valence-corrected chi connectivity index (χ3v) is 3.99. The number of hydrogen-bond acceptors (Lipinski definition) is 4. The van der Waals surface area contributed by atoms with Gasteiger partial charge in [-0.05, 0) is 45.1 Å². The molecule has 0 bridgehead atoms. The van der Waals surface area contributed by atoms with Gasteiger partial charge in [-0.3, -0.25) is 9.89 Å². The van der Waals surface area contributed by atoms with Crippen LogP contribution in [0.5, 0.6) is 0 Å². The topological polar surface area (TPSA) is 50.8 Å². The van der Waals surface area contributed by atoms with Gasteiger partial charge in [0, 0.05) is 37.6 Å². The molecule has 0 spiro atoms. The lowest BCUT2D eigenvalue weighted by atomic mass is 10.1. The first-order chi connectivity index (χ1) is 9.60. The zero-order chi connectivity index (χ0) is 14.5. The molecule has 0 radical (unpaired) electrons. The quantitative estimate of drug-likeness (QED) is 0.859. The van der Waals surface area contributed by atoms with Crippen LogP contribution in [0.1, 0.15) is 46.5 Å². The number of hydrogen-bond donors (Lipinski definition) is 1. The number of morpholine rings is 1. The highest BCUT2D eigenvalue weighted by Crippen LogP contribution is 2.24. The van der Waals surface area contributed by atoms with Crippen molar-refractivity contribution in [2.75, 3.05) is 26.2 Å². The van der Waals surface area contributed by atoms with Crippen molar-refractivity contribution in [1.82, 2.24) is 4.90 Å². The lowest BCUT2D eigenvalue weighted by Gasteiger charge is -2.35. The highest BCUT2D eigenvalue weighted by molar-refractivity contribution is 6.02. The Balaban J connectivity index is 2.02. The summed E-state index contributed by atoms with van der Waals surface area (Å²) in [5.74, 6) is 0. The van der Waals surface area contributed by atoms with Gasteiger partial charge in [-0.15, -0.1) is 0 Å². The Labute approximate surface area is 123 Å². The van der Waals surface area contributed by atoms with E-state index in [0.717, 1.165) is 51.1 Å². The highest BCUT2D eigenvalue weighted by Gasteiger charge is 2.24. The molecular weight excluding hydrogens is 250 g/mol. The van der Waals surface area contributed by atoms with Gasteiger partial charge in [0.25, 0.3) is 0 Å². The van der Waals surface area contributed by atoms with Gasteiger partial charge in [-0.2, -0.15) is 0 Å². The van der Waals surface area contributed by atoms with Gasteiger partial charge in [0.05, 0.1) is 12.2 Å². The lowest BCUT2D eigenvalue weighted by Crippen LogP contribution is -2.46. The van der Waals surface area contributed by atoms with Crippen molar-refractivity contribution >= 4 is 5.71 Å². The standard InChI is InChI=1S/C16H29N3O/c1-4-8-18-16-7-5-6-14(16)15(17)11-19-9-12(2)20-13(3)10-19/h12-13H,4-11,17H2,1-3H3/b15-14-,18-16?/t12-,13?/m1/s1. The molecule has 0 amide bonds. The van der Waals surface area contributed by atoms with Crippen LogP contribution >= 0.6 is 0 Å². The van der Waals surface area contributed by atoms with Crippen LogP contribution in [0.4, 0.5) is 0 Å². The molecule has 2 fully saturated rings. The van der Waals surface area contributed by atoms with Gasteiger partial charge in [-0.25, -0.2) is 0 Å². The Morgan fingerprint density at radius 2 is 2.00 bits per heavy atom. The predicted octanol–water partition coefficient (Wildman–Crippen LogP) is 2.34. The summed E-state index contributed by atoms with van der Waals surface area (Å²) < 4.78 is 5.78. The predicted molar refractivity (Wildman–Crippen MR) is 84.1 cm³/mol. The largest absolute Gasteiger partial charge is 0.401 e. The first-order valence-electron chi connectivity index (χ1n) is 7.99. The van der Waals surface area contributed by atoms with Crippen LogP contribution in [0.2, 0.25) is 0 Å². The van der Waals surface area contributed by atoms with Crippen LogP contribution in [0.15, 0.2) is 16.3 Å². The monoisotopic (exact) mass is 279 g/mol. The normalized spacial score (nSPS) is 32.9. The molecule has 1 saturated carbocycles. The maximum absolute atomic E-state index is 6.38. The number of nitrogens with two attached hydrogens (primary N) is 1. The van der Waals surface area contributed by atoms with E-state index in [1.807, 2.05) is 0 Å². The van der Waals surface area contributed by atoms with Crippen molar-refractivity contribution in [2.24, 2.45) is 10.7 Å². The van der Waals surface area contributed by atoms with Gasteiger partial charge in [-0.1, -0.05) is 6.92 Å². The SMILES string of the molecule is CCCN=C1CCC/C1=C(/N)CN1CC(C)O[C@H](C)C1. The van der Waals surface area contributed by atoms with E-state index >= 15 is 0 Å². The number of aliphatic imine (C=N–C) groups is 1. The van der Waals surface area contributed by atoms with Crippen LogP contribution in [0.25, 0.3) is 0 Å². The summed E-state index contributed by atoms with van der Waals surface area (Å²) in [4.78, 5) is 7.12. The molecule has 0 aromatic heterocycles. The minimum Gasteiger partial charge on any atom is -0.401 e. The first kappa shape index (κ1) is 15.5. The van der Waals surface area contributed by atoms with Crippen molar-refractivity contribution < 1.29 is 4.74 Å². The van der Waals surface area contributed by atoms with Crippen LogP contribution in [0.3, 0.4) is 0 Å². The Bertz CT molecular complexity index is 379. The molecule has 114 valence electrons. The van der Waals surface area contributed by atoms with Crippen molar-refractivity contribution in [2.45, 2.75) is 58.7 Å². The third-order valence-electron chi connectivity index (χ3n) is 3.99. The maximum Gasteiger partial charge on any atom is 0.0678 e. The average molecular weight is 279 g/mol. The van der Waals surface area contributed by atoms with E-state index in [-0.39, 0.29) is 0 Å². The summed E-state index contributed by atoms with van der Waals surface area (Å²) in [6.07, 6.45) is 5.11. The number of allylic oxidation sites excluding steroid dienone is 1. The summed E-state index contributed by atoms with van der Waals surface area (Å²) in [7, 11) is 0. The lowest BCUT2D eigenvalue weighted by molar-refractivity contribution is -0.0653. The fourth-order valence-electron chi connectivity index (χ4n) is 3.24. The van der Waals surface area contributed by atoms with Gasteiger partial charge in [0.1, 0.15) is 0 Å². The van der Waals surface area contributed by atoms with Crippen LogP contribution in [-0.4, -0.2) is 49.0 Å². The molecule has 1 aliphatic heterocycles.